The zero-order valence-electron chi connectivity index (χ0n) is 11.3. The molecule has 1 aromatic rings. The second-order valence-electron chi connectivity index (χ2n) is 5.49. The quantitative estimate of drug-likeness (QED) is 0.871. The molecule has 2 heterocycles. The van der Waals surface area contributed by atoms with Gasteiger partial charge in [0.1, 0.15) is 0 Å². The van der Waals surface area contributed by atoms with Gasteiger partial charge in [0.2, 0.25) is 5.91 Å². The van der Waals surface area contributed by atoms with Crippen LogP contribution in [0.25, 0.3) is 0 Å². The summed E-state index contributed by atoms with van der Waals surface area (Å²) < 4.78 is 0. The first-order chi connectivity index (χ1) is 9.72. The third-order valence-electron chi connectivity index (χ3n) is 4.06. The molecule has 1 amide bonds. The van der Waals surface area contributed by atoms with Crippen LogP contribution < -0.4 is 5.32 Å². The van der Waals surface area contributed by atoms with Gasteiger partial charge in [-0.1, -0.05) is 23.7 Å². The summed E-state index contributed by atoms with van der Waals surface area (Å²) in [6.45, 7) is 1.74. The number of nitrogens with one attached hydrogen (secondary N) is 1. The van der Waals surface area contributed by atoms with Gasteiger partial charge in [-0.2, -0.15) is 0 Å². The molecule has 20 heavy (non-hydrogen) atoms. The predicted octanol–water partition coefficient (Wildman–Crippen LogP) is 2.79. The average molecular weight is 311 g/mol. The fraction of sp³-hybridized carbons (Fsp3) is 0.533. The van der Waals surface area contributed by atoms with Crippen molar-refractivity contribution in [1.82, 2.24) is 10.2 Å². The third-order valence-corrected chi connectivity index (χ3v) is 5.56. The first-order valence-corrected chi connectivity index (χ1v) is 8.50. The van der Waals surface area contributed by atoms with Crippen LogP contribution in [0.4, 0.5) is 0 Å². The van der Waals surface area contributed by atoms with E-state index in [-0.39, 0.29) is 5.91 Å². The van der Waals surface area contributed by atoms with Gasteiger partial charge in [0.15, 0.2) is 0 Å². The fourth-order valence-electron chi connectivity index (χ4n) is 2.96. The number of benzene rings is 1. The van der Waals surface area contributed by atoms with Crippen molar-refractivity contribution in [2.45, 2.75) is 36.2 Å². The number of amides is 1. The lowest BCUT2D eigenvalue weighted by molar-refractivity contribution is -0.128. The van der Waals surface area contributed by atoms with E-state index in [9.17, 15) is 4.79 Å². The van der Waals surface area contributed by atoms with E-state index in [1.165, 1.54) is 24.6 Å². The number of fused-ring (bicyclic) bond motifs is 2. The molecular weight excluding hydrogens is 292 g/mol. The van der Waals surface area contributed by atoms with Gasteiger partial charge in [-0.25, -0.2) is 0 Å². The third kappa shape index (κ3) is 3.30. The molecule has 1 N–H and O–H groups in total. The second-order valence-corrected chi connectivity index (χ2v) is 6.91. The minimum Gasteiger partial charge on any atom is -0.340 e. The van der Waals surface area contributed by atoms with Crippen molar-refractivity contribution in [3.63, 3.8) is 0 Å². The molecular formula is C15H19ClN2OS. The number of hydrogen-bond donors (Lipinski definition) is 1. The van der Waals surface area contributed by atoms with E-state index in [0.29, 0.717) is 17.8 Å². The molecule has 2 fully saturated rings. The first-order valence-electron chi connectivity index (χ1n) is 7.13. The predicted molar refractivity (Wildman–Crippen MR) is 83.3 cm³/mol. The highest BCUT2D eigenvalue weighted by Gasteiger charge is 2.30. The number of carbonyl (C=O) groups is 1. The van der Waals surface area contributed by atoms with E-state index >= 15 is 0 Å². The van der Waals surface area contributed by atoms with Crippen LogP contribution in [0.2, 0.25) is 5.02 Å². The topological polar surface area (TPSA) is 32.3 Å². The van der Waals surface area contributed by atoms with Crippen molar-refractivity contribution in [2.75, 3.05) is 18.8 Å². The molecule has 2 aliphatic heterocycles. The van der Waals surface area contributed by atoms with Crippen molar-refractivity contribution >= 4 is 29.3 Å². The second kappa shape index (κ2) is 6.37. The van der Waals surface area contributed by atoms with Gasteiger partial charge < -0.3 is 10.2 Å². The standard InChI is InChI=1S/C15H19ClN2OS/c16-13-3-1-2-4-14(13)20-10-15(19)18-8-7-11-5-6-12(9-18)17-11/h1-4,11-12,17H,5-10H2. The number of rotatable bonds is 3. The van der Waals surface area contributed by atoms with Crippen LogP contribution in [0.15, 0.2) is 29.2 Å². The average Bonchev–Trinajstić information content (AvgIpc) is 2.77. The van der Waals surface area contributed by atoms with E-state index in [1.807, 2.05) is 29.2 Å². The fourth-order valence-corrected chi connectivity index (χ4v) is 4.10. The van der Waals surface area contributed by atoms with E-state index in [2.05, 4.69) is 5.32 Å². The Morgan fingerprint density at radius 2 is 2.10 bits per heavy atom. The Morgan fingerprint density at radius 3 is 2.95 bits per heavy atom. The Labute approximate surface area is 129 Å². The Balaban J connectivity index is 1.55. The molecule has 2 unspecified atom stereocenters. The van der Waals surface area contributed by atoms with Crippen molar-refractivity contribution in [3.05, 3.63) is 29.3 Å². The Hall–Kier alpha value is -0.710. The molecule has 0 aliphatic carbocycles. The molecule has 5 heteroatoms. The Morgan fingerprint density at radius 1 is 1.30 bits per heavy atom. The summed E-state index contributed by atoms with van der Waals surface area (Å²) >= 11 is 7.65. The number of likely N-dealkylation sites (tertiary alicyclic amines) is 1. The minimum atomic E-state index is 0.226. The summed E-state index contributed by atoms with van der Waals surface area (Å²) in [5, 5.41) is 4.32. The summed E-state index contributed by atoms with van der Waals surface area (Å²) in [4.78, 5) is 15.3. The van der Waals surface area contributed by atoms with E-state index in [4.69, 9.17) is 11.6 Å². The molecule has 2 saturated heterocycles. The number of thioether (sulfide) groups is 1. The van der Waals surface area contributed by atoms with Gasteiger partial charge in [-0.3, -0.25) is 4.79 Å². The minimum absolute atomic E-state index is 0.226. The molecule has 108 valence electrons. The summed E-state index contributed by atoms with van der Waals surface area (Å²) in [5.41, 5.74) is 0. The lowest BCUT2D eigenvalue weighted by atomic mass is 10.1. The highest BCUT2D eigenvalue weighted by atomic mass is 35.5. The molecule has 0 radical (unpaired) electrons. The van der Waals surface area contributed by atoms with Crippen LogP contribution in [-0.4, -0.2) is 41.7 Å². The molecule has 1 aromatic carbocycles. The first kappa shape index (κ1) is 14.2. The largest absolute Gasteiger partial charge is 0.340 e. The number of nitrogens with zero attached hydrogens (tertiary/aromatic N) is 1. The molecule has 0 aromatic heterocycles. The van der Waals surface area contributed by atoms with Gasteiger partial charge in [0, 0.05) is 30.1 Å². The normalized spacial score (nSPS) is 25.6. The number of hydrogen-bond acceptors (Lipinski definition) is 3. The van der Waals surface area contributed by atoms with E-state index < -0.39 is 0 Å². The lowest BCUT2D eigenvalue weighted by Crippen LogP contribution is -2.39. The maximum absolute atomic E-state index is 12.3. The molecule has 2 bridgehead atoms. The van der Waals surface area contributed by atoms with E-state index in [0.717, 1.165) is 29.4 Å². The van der Waals surface area contributed by atoms with Gasteiger partial charge in [0.25, 0.3) is 0 Å². The SMILES string of the molecule is O=C(CSc1ccccc1Cl)N1CCC2CCC(C1)N2. The summed E-state index contributed by atoms with van der Waals surface area (Å²) in [6, 6.07) is 8.81. The van der Waals surface area contributed by atoms with Crippen LogP contribution in [0.5, 0.6) is 0 Å². The molecule has 3 rings (SSSR count). The lowest BCUT2D eigenvalue weighted by Gasteiger charge is -2.24. The smallest absolute Gasteiger partial charge is 0.232 e. The molecule has 0 saturated carbocycles. The molecule has 2 aliphatic rings. The maximum atomic E-state index is 12.3. The van der Waals surface area contributed by atoms with Crippen LogP contribution in [-0.2, 0) is 4.79 Å². The van der Waals surface area contributed by atoms with Gasteiger partial charge in [-0.15, -0.1) is 11.8 Å². The zero-order valence-corrected chi connectivity index (χ0v) is 12.9. The molecule has 0 spiro atoms. The van der Waals surface area contributed by atoms with Crippen molar-refractivity contribution in [3.8, 4) is 0 Å². The maximum Gasteiger partial charge on any atom is 0.232 e. The van der Waals surface area contributed by atoms with Crippen molar-refractivity contribution in [1.29, 1.82) is 0 Å². The zero-order chi connectivity index (χ0) is 13.9. The Bertz CT molecular complexity index is 497. The monoisotopic (exact) mass is 310 g/mol. The Kier molecular flexibility index (Phi) is 4.54. The molecule has 2 atom stereocenters. The van der Waals surface area contributed by atoms with E-state index in [1.54, 1.807) is 0 Å². The summed E-state index contributed by atoms with van der Waals surface area (Å²) in [7, 11) is 0. The van der Waals surface area contributed by atoms with Crippen LogP contribution in [0.1, 0.15) is 19.3 Å². The number of halogens is 1. The van der Waals surface area contributed by atoms with Gasteiger partial charge in [0.05, 0.1) is 10.8 Å². The summed E-state index contributed by atoms with van der Waals surface area (Å²) in [5.74, 6) is 0.700. The summed E-state index contributed by atoms with van der Waals surface area (Å²) in [6.07, 6.45) is 3.55. The van der Waals surface area contributed by atoms with Crippen molar-refractivity contribution in [2.24, 2.45) is 0 Å². The van der Waals surface area contributed by atoms with Crippen molar-refractivity contribution < 1.29 is 4.79 Å². The highest BCUT2D eigenvalue weighted by Crippen LogP contribution is 2.27. The van der Waals surface area contributed by atoms with Crippen LogP contribution in [0.3, 0.4) is 0 Å². The highest BCUT2D eigenvalue weighted by molar-refractivity contribution is 8.00. The van der Waals surface area contributed by atoms with Gasteiger partial charge in [-0.05, 0) is 31.4 Å². The van der Waals surface area contributed by atoms with Gasteiger partial charge >= 0.3 is 0 Å². The number of carbonyl (C=O) groups excluding carboxylic acids is 1. The van der Waals surface area contributed by atoms with Crippen LogP contribution in [0, 0.1) is 0 Å². The van der Waals surface area contributed by atoms with Crippen LogP contribution >= 0.6 is 23.4 Å². The molecule has 3 nitrogen and oxygen atoms in total.